The zero-order valence-electron chi connectivity index (χ0n) is 18.6. The number of ether oxygens (including phenoxy) is 1. The van der Waals surface area contributed by atoms with Crippen molar-refractivity contribution in [2.24, 2.45) is 4.99 Å². The summed E-state index contributed by atoms with van der Waals surface area (Å²) in [4.78, 5) is 16.6. The van der Waals surface area contributed by atoms with Gasteiger partial charge in [0.1, 0.15) is 11.4 Å². The molecule has 32 heavy (non-hydrogen) atoms. The Kier molecular flexibility index (Phi) is 8.78. The zero-order valence-corrected chi connectivity index (χ0v) is 20.9. The van der Waals surface area contributed by atoms with Crippen molar-refractivity contribution in [2.45, 2.75) is 50.2 Å². The topological polar surface area (TPSA) is 74.8 Å². The summed E-state index contributed by atoms with van der Waals surface area (Å²) in [6, 6.07) is 18.5. The van der Waals surface area contributed by atoms with E-state index in [0.717, 1.165) is 37.0 Å². The molecule has 1 amide bonds. The number of amides is 1. The van der Waals surface area contributed by atoms with Crippen LogP contribution in [0.3, 0.4) is 0 Å². The van der Waals surface area contributed by atoms with Gasteiger partial charge in [0.25, 0.3) is 0 Å². The lowest BCUT2D eigenvalue weighted by Gasteiger charge is -2.40. The lowest BCUT2D eigenvalue weighted by molar-refractivity contribution is -0.119. The normalized spacial score (nSPS) is 18.8. The van der Waals surface area contributed by atoms with E-state index in [0.29, 0.717) is 12.5 Å². The Morgan fingerprint density at radius 3 is 2.53 bits per heavy atom. The van der Waals surface area contributed by atoms with Gasteiger partial charge in [-0.15, -0.1) is 24.0 Å². The second kappa shape index (κ2) is 11.5. The van der Waals surface area contributed by atoms with Gasteiger partial charge in [-0.1, -0.05) is 48.5 Å². The Hall–Kier alpha value is -2.29. The molecule has 1 heterocycles. The summed E-state index contributed by atoms with van der Waals surface area (Å²) in [5, 5.41) is 9.66. The van der Waals surface area contributed by atoms with Crippen LogP contribution in [-0.2, 0) is 11.2 Å². The van der Waals surface area contributed by atoms with Crippen LogP contribution in [0.5, 0.6) is 5.75 Å². The van der Waals surface area contributed by atoms with Gasteiger partial charge in [0, 0.05) is 25.6 Å². The lowest BCUT2D eigenvalue weighted by atomic mass is 9.86. The molecule has 3 N–H and O–H groups in total. The van der Waals surface area contributed by atoms with Crippen LogP contribution in [0.4, 0.5) is 0 Å². The van der Waals surface area contributed by atoms with Crippen LogP contribution < -0.4 is 20.7 Å². The SMILES string of the molecule is CN=C(NCC(=O)NCCc1ccccc1)NC1CC2(CCCC2)Oc2ccccc21.I. The van der Waals surface area contributed by atoms with Gasteiger partial charge in [-0.3, -0.25) is 9.79 Å². The number of carbonyl (C=O) groups excluding carboxylic acids is 1. The molecule has 1 saturated carbocycles. The molecule has 172 valence electrons. The molecule has 1 unspecified atom stereocenters. The maximum atomic E-state index is 12.3. The first-order chi connectivity index (χ1) is 15.2. The molecule has 6 nitrogen and oxygen atoms in total. The summed E-state index contributed by atoms with van der Waals surface area (Å²) in [6.07, 6.45) is 6.34. The van der Waals surface area contributed by atoms with Crippen molar-refractivity contribution in [3.05, 3.63) is 65.7 Å². The van der Waals surface area contributed by atoms with Crippen molar-refractivity contribution in [2.75, 3.05) is 20.1 Å². The highest BCUT2D eigenvalue weighted by atomic mass is 127. The number of fused-ring (bicyclic) bond motifs is 1. The number of hydrogen-bond donors (Lipinski definition) is 3. The summed E-state index contributed by atoms with van der Waals surface area (Å²) in [7, 11) is 1.74. The van der Waals surface area contributed by atoms with Crippen LogP contribution in [0.25, 0.3) is 0 Å². The molecular formula is C25H33IN4O2. The van der Waals surface area contributed by atoms with Crippen LogP contribution >= 0.6 is 24.0 Å². The highest BCUT2D eigenvalue weighted by molar-refractivity contribution is 14.0. The quantitative estimate of drug-likeness (QED) is 0.290. The van der Waals surface area contributed by atoms with Crippen LogP contribution in [0.1, 0.15) is 49.3 Å². The number of carbonyl (C=O) groups is 1. The Morgan fingerprint density at radius 1 is 1.06 bits per heavy atom. The molecule has 0 radical (unpaired) electrons. The number of benzene rings is 2. The Bertz CT molecular complexity index is 913. The van der Waals surface area contributed by atoms with E-state index >= 15 is 0 Å². The molecule has 0 saturated heterocycles. The third-order valence-corrected chi connectivity index (χ3v) is 6.24. The molecule has 1 atom stereocenters. The van der Waals surface area contributed by atoms with Gasteiger partial charge in [0.05, 0.1) is 12.6 Å². The second-order valence-electron chi connectivity index (χ2n) is 8.44. The van der Waals surface area contributed by atoms with Crippen molar-refractivity contribution < 1.29 is 9.53 Å². The average molecular weight is 548 g/mol. The van der Waals surface area contributed by atoms with E-state index < -0.39 is 0 Å². The van der Waals surface area contributed by atoms with Crippen LogP contribution in [0.2, 0.25) is 0 Å². The number of halogens is 1. The molecule has 2 aromatic carbocycles. The van der Waals surface area contributed by atoms with E-state index in [1.807, 2.05) is 30.3 Å². The van der Waals surface area contributed by atoms with Gasteiger partial charge in [0.15, 0.2) is 5.96 Å². The summed E-state index contributed by atoms with van der Waals surface area (Å²) in [5.74, 6) is 1.55. The third kappa shape index (κ3) is 6.15. The average Bonchev–Trinajstić information content (AvgIpc) is 3.24. The Morgan fingerprint density at radius 2 is 1.78 bits per heavy atom. The molecule has 1 aliphatic heterocycles. The molecule has 7 heteroatoms. The molecule has 2 aliphatic rings. The maximum Gasteiger partial charge on any atom is 0.239 e. The second-order valence-corrected chi connectivity index (χ2v) is 8.44. The number of nitrogens with one attached hydrogen (secondary N) is 3. The molecular weight excluding hydrogens is 515 g/mol. The molecule has 0 bridgehead atoms. The Labute approximate surface area is 207 Å². The maximum absolute atomic E-state index is 12.3. The zero-order chi connectivity index (χ0) is 21.5. The largest absolute Gasteiger partial charge is 0.487 e. The van der Waals surface area contributed by atoms with E-state index in [1.54, 1.807) is 7.05 Å². The summed E-state index contributed by atoms with van der Waals surface area (Å²) in [5.41, 5.74) is 2.28. The van der Waals surface area contributed by atoms with Crippen LogP contribution in [0, 0.1) is 0 Å². The van der Waals surface area contributed by atoms with Gasteiger partial charge in [-0.05, 0) is 43.7 Å². The van der Waals surface area contributed by atoms with Gasteiger partial charge in [0.2, 0.25) is 5.91 Å². The fraction of sp³-hybridized carbons (Fsp3) is 0.440. The number of nitrogens with zero attached hydrogens (tertiary/aromatic N) is 1. The van der Waals surface area contributed by atoms with Gasteiger partial charge in [-0.25, -0.2) is 0 Å². The first-order valence-corrected chi connectivity index (χ1v) is 11.2. The highest BCUT2D eigenvalue weighted by Crippen LogP contribution is 2.46. The minimum Gasteiger partial charge on any atom is -0.487 e. The predicted octanol–water partition coefficient (Wildman–Crippen LogP) is 3.96. The van der Waals surface area contributed by atoms with Crippen molar-refractivity contribution in [3.8, 4) is 5.75 Å². The summed E-state index contributed by atoms with van der Waals surface area (Å²) < 4.78 is 6.44. The van der Waals surface area contributed by atoms with E-state index in [2.05, 4.69) is 45.2 Å². The number of rotatable bonds is 6. The minimum atomic E-state index is -0.0836. The molecule has 1 spiro atoms. The number of hydrogen-bond acceptors (Lipinski definition) is 3. The highest BCUT2D eigenvalue weighted by Gasteiger charge is 2.43. The van der Waals surface area contributed by atoms with E-state index in [9.17, 15) is 4.79 Å². The smallest absolute Gasteiger partial charge is 0.239 e. The molecule has 2 aromatic rings. The lowest BCUT2D eigenvalue weighted by Crippen LogP contribution is -2.48. The first-order valence-electron chi connectivity index (χ1n) is 11.2. The number of aliphatic imine (C=N–C) groups is 1. The molecule has 4 rings (SSSR count). The number of guanidine groups is 1. The van der Waals surface area contributed by atoms with Crippen molar-refractivity contribution in [1.82, 2.24) is 16.0 Å². The molecule has 0 aromatic heterocycles. The molecule has 1 fully saturated rings. The van der Waals surface area contributed by atoms with Crippen LogP contribution in [0.15, 0.2) is 59.6 Å². The van der Waals surface area contributed by atoms with Gasteiger partial charge < -0.3 is 20.7 Å². The monoisotopic (exact) mass is 548 g/mol. The van der Waals surface area contributed by atoms with E-state index in [4.69, 9.17) is 4.74 Å². The van der Waals surface area contributed by atoms with Gasteiger partial charge >= 0.3 is 0 Å². The molecule has 1 aliphatic carbocycles. The van der Waals surface area contributed by atoms with E-state index in [-0.39, 0.29) is 48.1 Å². The van der Waals surface area contributed by atoms with Gasteiger partial charge in [-0.2, -0.15) is 0 Å². The summed E-state index contributed by atoms with van der Waals surface area (Å²) >= 11 is 0. The van der Waals surface area contributed by atoms with Crippen molar-refractivity contribution >= 4 is 35.8 Å². The van der Waals surface area contributed by atoms with Crippen molar-refractivity contribution in [1.29, 1.82) is 0 Å². The third-order valence-electron chi connectivity index (χ3n) is 6.24. The fourth-order valence-corrected chi connectivity index (χ4v) is 4.65. The fourth-order valence-electron chi connectivity index (χ4n) is 4.65. The van der Waals surface area contributed by atoms with Crippen LogP contribution in [-0.4, -0.2) is 37.6 Å². The Balaban J connectivity index is 0.00000289. The standard InChI is InChI=1S/C25H32N4O2.HI/c1-26-24(28-18-23(30)27-16-13-19-9-3-2-4-10-19)29-21-17-25(14-7-8-15-25)31-22-12-6-5-11-20(21)22;/h2-6,9-12,21H,7-8,13-18H2,1H3,(H,27,30)(H2,26,28,29);1H. The summed E-state index contributed by atoms with van der Waals surface area (Å²) in [6.45, 7) is 0.802. The van der Waals surface area contributed by atoms with Crippen molar-refractivity contribution in [3.63, 3.8) is 0 Å². The predicted molar refractivity (Wildman–Crippen MR) is 139 cm³/mol. The first kappa shape index (κ1) is 24.4. The number of para-hydroxylation sites is 1. The minimum absolute atomic E-state index is 0. The van der Waals surface area contributed by atoms with E-state index in [1.165, 1.54) is 18.4 Å².